The molecule has 0 bridgehead atoms. The van der Waals surface area contributed by atoms with Crippen LogP contribution in [0.25, 0.3) is 0 Å². The molecule has 0 spiro atoms. The molecule has 72 valence electrons. The molecular formula is C9H7NO2S2. The van der Waals surface area contributed by atoms with E-state index < -0.39 is 5.97 Å². The number of thiazole rings is 1. The van der Waals surface area contributed by atoms with E-state index in [9.17, 15) is 4.79 Å². The number of aromatic nitrogens is 1. The third-order valence-corrected chi connectivity index (χ3v) is 3.40. The average Bonchev–Trinajstić information content (AvgIpc) is 2.75. The third-order valence-electron chi connectivity index (χ3n) is 1.68. The molecular weight excluding hydrogens is 218 g/mol. The number of carbonyl (C=O) groups is 1. The van der Waals surface area contributed by atoms with Gasteiger partial charge in [0.15, 0.2) is 5.69 Å². The van der Waals surface area contributed by atoms with Crippen molar-refractivity contribution in [1.29, 1.82) is 0 Å². The quantitative estimate of drug-likeness (QED) is 0.873. The van der Waals surface area contributed by atoms with Gasteiger partial charge in [-0.15, -0.1) is 22.7 Å². The molecule has 0 amide bonds. The van der Waals surface area contributed by atoms with E-state index >= 15 is 0 Å². The fraction of sp³-hybridized carbons (Fsp3) is 0.111. The molecule has 0 radical (unpaired) electrons. The Morgan fingerprint density at radius 2 is 2.36 bits per heavy atom. The molecule has 5 heteroatoms. The van der Waals surface area contributed by atoms with Crippen LogP contribution in [0.3, 0.4) is 0 Å². The number of nitrogens with zero attached hydrogens (tertiary/aromatic N) is 1. The summed E-state index contributed by atoms with van der Waals surface area (Å²) in [4.78, 5) is 15.8. The van der Waals surface area contributed by atoms with Crippen LogP contribution in [-0.4, -0.2) is 16.1 Å². The first-order valence-corrected chi connectivity index (χ1v) is 5.72. The molecule has 2 rings (SSSR count). The summed E-state index contributed by atoms with van der Waals surface area (Å²) in [6, 6.07) is 4.00. The van der Waals surface area contributed by atoms with E-state index in [1.807, 2.05) is 17.5 Å². The standard InChI is InChI=1S/C9H7NO2S2/c11-9(12)7-5-14-8(10-7)4-6-2-1-3-13-6/h1-3,5H,4H2,(H,11,12). The van der Waals surface area contributed by atoms with Crippen LogP contribution in [-0.2, 0) is 6.42 Å². The third kappa shape index (κ3) is 2.00. The van der Waals surface area contributed by atoms with Crippen LogP contribution in [0, 0.1) is 0 Å². The first-order valence-electron chi connectivity index (χ1n) is 3.96. The molecule has 14 heavy (non-hydrogen) atoms. The zero-order valence-electron chi connectivity index (χ0n) is 7.14. The topological polar surface area (TPSA) is 50.2 Å². The molecule has 0 aliphatic rings. The Hall–Kier alpha value is -1.20. The zero-order valence-corrected chi connectivity index (χ0v) is 8.77. The Bertz CT molecular complexity index is 433. The second kappa shape index (κ2) is 3.89. The van der Waals surface area contributed by atoms with Gasteiger partial charge >= 0.3 is 5.97 Å². The maximum absolute atomic E-state index is 10.6. The number of hydrogen-bond donors (Lipinski definition) is 1. The highest BCUT2D eigenvalue weighted by Crippen LogP contribution is 2.17. The fourth-order valence-electron chi connectivity index (χ4n) is 1.05. The van der Waals surface area contributed by atoms with Crippen molar-refractivity contribution in [3.63, 3.8) is 0 Å². The van der Waals surface area contributed by atoms with Crippen molar-refractivity contribution >= 4 is 28.6 Å². The number of thiophene rings is 1. The molecule has 2 heterocycles. The van der Waals surface area contributed by atoms with E-state index in [1.54, 1.807) is 16.7 Å². The normalized spacial score (nSPS) is 10.3. The smallest absolute Gasteiger partial charge is 0.355 e. The van der Waals surface area contributed by atoms with Gasteiger partial charge in [-0.05, 0) is 11.4 Å². The van der Waals surface area contributed by atoms with Gasteiger partial charge in [0.25, 0.3) is 0 Å². The SMILES string of the molecule is O=C(O)c1csc(Cc2cccs2)n1. The summed E-state index contributed by atoms with van der Waals surface area (Å²) in [6.07, 6.45) is 0.732. The maximum Gasteiger partial charge on any atom is 0.355 e. The Morgan fingerprint density at radius 1 is 1.50 bits per heavy atom. The van der Waals surface area contributed by atoms with Crippen LogP contribution in [0.5, 0.6) is 0 Å². The van der Waals surface area contributed by atoms with E-state index in [1.165, 1.54) is 16.2 Å². The van der Waals surface area contributed by atoms with Gasteiger partial charge in [-0.2, -0.15) is 0 Å². The Balaban J connectivity index is 2.14. The van der Waals surface area contributed by atoms with Crippen LogP contribution < -0.4 is 0 Å². The summed E-state index contributed by atoms with van der Waals surface area (Å²) in [5, 5.41) is 13.1. The van der Waals surface area contributed by atoms with E-state index in [4.69, 9.17) is 5.11 Å². The zero-order chi connectivity index (χ0) is 9.97. The molecule has 0 aliphatic heterocycles. The number of carboxylic acid groups (broad SMARTS) is 1. The highest BCUT2D eigenvalue weighted by atomic mass is 32.1. The van der Waals surface area contributed by atoms with E-state index in [2.05, 4.69) is 4.98 Å². The minimum atomic E-state index is -0.960. The number of carboxylic acids is 1. The Labute approximate surface area is 88.7 Å². The fourth-order valence-corrected chi connectivity index (χ4v) is 2.64. The van der Waals surface area contributed by atoms with Crippen molar-refractivity contribution in [2.24, 2.45) is 0 Å². The summed E-state index contributed by atoms with van der Waals surface area (Å²) in [6.45, 7) is 0. The van der Waals surface area contributed by atoms with Crippen molar-refractivity contribution in [3.05, 3.63) is 38.5 Å². The average molecular weight is 225 g/mol. The predicted molar refractivity (Wildman–Crippen MR) is 56.2 cm³/mol. The molecule has 1 N–H and O–H groups in total. The van der Waals surface area contributed by atoms with Crippen molar-refractivity contribution in [1.82, 2.24) is 4.98 Å². The number of hydrogen-bond acceptors (Lipinski definition) is 4. The number of aromatic carboxylic acids is 1. The second-order valence-corrected chi connectivity index (χ2v) is 4.66. The van der Waals surface area contributed by atoms with E-state index in [-0.39, 0.29) is 5.69 Å². The second-order valence-electron chi connectivity index (χ2n) is 2.69. The molecule has 2 aromatic rings. The maximum atomic E-state index is 10.6. The van der Waals surface area contributed by atoms with Crippen LogP contribution in [0.4, 0.5) is 0 Å². The molecule has 0 fully saturated rings. The van der Waals surface area contributed by atoms with Crippen molar-refractivity contribution < 1.29 is 9.90 Å². The van der Waals surface area contributed by atoms with Gasteiger partial charge in [0.2, 0.25) is 0 Å². The molecule has 0 saturated carbocycles. The van der Waals surface area contributed by atoms with Gasteiger partial charge in [0, 0.05) is 16.7 Å². The first kappa shape index (κ1) is 9.36. The van der Waals surface area contributed by atoms with Crippen LogP contribution in [0.1, 0.15) is 20.4 Å². The highest BCUT2D eigenvalue weighted by molar-refractivity contribution is 7.11. The van der Waals surface area contributed by atoms with Crippen LogP contribution in [0.15, 0.2) is 22.9 Å². The van der Waals surface area contributed by atoms with Crippen LogP contribution in [0.2, 0.25) is 0 Å². The molecule has 0 aromatic carbocycles. The first-order chi connectivity index (χ1) is 6.75. The van der Waals surface area contributed by atoms with Crippen molar-refractivity contribution in [2.75, 3.05) is 0 Å². The van der Waals surface area contributed by atoms with Crippen LogP contribution >= 0.6 is 22.7 Å². The lowest BCUT2D eigenvalue weighted by atomic mass is 10.3. The van der Waals surface area contributed by atoms with Gasteiger partial charge in [0.05, 0.1) is 5.01 Å². The molecule has 3 nitrogen and oxygen atoms in total. The largest absolute Gasteiger partial charge is 0.476 e. The molecule has 0 saturated heterocycles. The Morgan fingerprint density at radius 3 is 2.93 bits per heavy atom. The van der Waals surface area contributed by atoms with Gasteiger partial charge in [0.1, 0.15) is 0 Å². The summed E-state index contributed by atoms with van der Waals surface area (Å²) in [5.41, 5.74) is 0.140. The van der Waals surface area contributed by atoms with Gasteiger partial charge in [-0.3, -0.25) is 0 Å². The lowest BCUT2D eigenvalue weighted by molar-refractivity contribution is 0.0691. The minimum absolute atomic E-state index is 0.140. The van der Waals surface area contributed by atoms with E-state index in [0.717, 1.165) is 11.4 Å². The van der Waals surface area contributed by atoms with Gasteiger partial charge in [-0.1, -0.05) is 6.07 Å². The summed E-state index contributed by atoms with van der Waals surface area (Å²) in [5.74, 6) is -0.960. The lowest BCUT2D eigenvalue weighted by Gasteiger charge is -1.89. The molecule has 0 unspecified atom stereocenters. The van der Waals surface area contributed by atoms with Gasteiger partial charge in [-0.25, -0.2) is 9.78 Å². The van der Waals surface area contributed by atoms with Gasteiger partial charge < -0.3 is 5.11 Å². The molecule has 2 aromatic heterocycles. The highest BCUT2D eigenvalue weighted by Gasteiger charge is 2.08. The molecule has 0 aliphatic carbocycles. The van der Waals surface area contributed by atoms with Crippen molar-refractivity contribution in [3.8, 4) is 0 Å². The predicted octanol–water partition coefficient (Wildman–Crippen LogP) is 2.49. The minimum Gasteiger partial charge on any atom is -0.476 e. The van der Waals surface area contributed by atoms with E-state index in [0.29, 0.717) is 0 Å². The Kier molecular flexibility index (Phi) is 2.60. The monoisotopic (exact) mass is 225 g/mol. The summed E-state index contributed by atoms with van der Waals surface area (Å²) < 4.78 is 0. The lowest BCUT2D eigenvalue weighted by Crippen LogP contribution is -1.96. The molecule has 0 atom stereocenters. The van der Waals surface area contributed by atoms with Crippen molar-refractivity contribution in [2.45, 2.75) is 6.42 Å². The summed E-state index contributed by atoms with van der Waals surface area (Å²) >= 11 is 3.05. The number of rotatable bonds is 3. The summed E-state index contributed by atoms with van der Waals surface area (Å²) in [7, 11) is 0.